The SMILES string of the molecule is N#CO.c1ccc2c(c1)Cc1ccccc1S2. The third kappa shape index (κ3) is 2.61. The van der Waals surface area contributed by atoms with Crippen molar-refractivity contribution in [2.24, 2.45) is 0 Å². The van der Waals surface area contributed by atoms with Crippen molar-refractivity contribution < 1.29 is 5.11 Å². The fourth-order valence-electron chi connectivity index (χ4n) is 1.82. The minimum atomic E-state index is 0.750. The van der Waals surface area contributed by atoms with Gasteiger partial charge in [-0.2, -0.15) is 5.26 Å². The summed E-state index contributed by atoms with van der Waals surface area (Å²) >= 11 is 1.88. The first-order chi connectivity index (χ1) is 8.35. The molecule has 1 heterocycles. The topological polar surface area (TPSA) is 44.0 Å². The van der Waals surface area contributed by atoms with Crippen LogP contribution in [0.4, 0.5) is 0 Å². The second-order valence-corrected chi connectivity index (χ2v) is 4.68. The number of nitrogens with zero attached hydrogens (tertiary/aromatic N) is 1. The second-order valence-electron chi connectivity index (χ2n) is 3.59. The van der Waals surface area contributed by atoms with Crippen molar-refractivity contribution in [3.05, 3.63) is 59.7 Å². The summed E-state index contributed by atoms with van der Waals surface area (Å²) in [4.78, 5) is 2.82. The molecule has 0 saturated heterocycles. The third-order valence-electron chi connectivity index (χ3n) is 2.55. The summed E-state index contributed by atoms with van der Waals surface area (Å²) in [5, 5.41) is 13.8. The number of hydrogen-bond acceptors (Lipinski definition) is 3. The molecule has 2 aromatic carbocycles. The fraction of sp³-hybridized carbons (Fsp3) is 0.0714. The Kier molecular flexibility index (Phi) is 3.69. The number of rotatable bonds is 0. The lowest BCUT2D eigenvalue weighted by Crippen LogP contribution is -1.98. The predicted octanol–water partition coefficient (Wildman–Crippen LogP) is 3.58. The standard InChI is InChI=1S/C13H10S.CHNO/c1-3-7-12-10(5-1)9-11-6-2-4-8-13(11)14-12;2-1-3/h1-8H,9H2;3H. The zero-order valence-electron chi connectivity index (χ0n) is 9.13. The van der Waals surface area contributed by atoms with Crippen molar-refractivity contribution in [1.82, 2.24) is 0 Å². The predicted molar refractivity (Wildman–Crippen MR) is 67.4 cm³/mol. The normalized spacial score (nSPS) is 11.2. The first-order valence-electron chi connectivity index (χ1n) is 5.22. The van der Waals surface area contributed by atoms with E-state index in [2.05, 4.69) is 48.5 Å². The molecule has 0 bridgehead atoms. The highest BCUT2D eigenvalue weighted by Gasteiger charge is 2.13. The highest BCUT2D eigenvalue weighted by molar-refractivity contribution is 7.99. The van der Waals surface area contributed by atoms with Gasteiger partial charge in [-0.25, -0.2) is 0 Å². The highest BCUT2D eigenvalue weighted by Crippen LogP contribution is 2.38. The number of fused-ring (bicyclic) bond motifs is 2. The van der Waals surface area contributed by atoms with Crippen LogP contribution in [0.25, 0.3) is 0 Å². The molecular formula is C14H11NOS. The van der Waals surface area contributed by atoms with E-state index in [1.54, 1.807) is 0 Å². The van der Waals surface area contributed by atoms with E-state index in [9.17, 15) is 0 Å². The zero-order chi connectivity index (χ0) is 12.1. The molecular weight excluding hydrogens is 230 g/mol. The summed E-state index contributed by atoms with van der Waals surface area (Å²) in [5.74, 6) is 0. The average Bonchev–Trinajstić information content (AvgIpc) is 2.37. The summed E-state index contributed by atoms with van der Waals surface area (Å²) in [7, 11) is 0. The van der Waals surface area contributed by atoms with Gasteiger partial charge in [0.15, 0.2) is 0 Å². The number of aliphatic hydroxyl groups is 1. The summed E-state index contributed by atoms with van der Waals surface area (Å²) in [5.41, 5.74) is 2.91. The zero-order valence-corrected chi connectivity index (χ0v) is 9.95. The lowest BCUT2D eigenvalue weighted by molar-refractivity contribution is 0.503. The first kappa shape index (κ1) is 11.6. The van der Waals surface area contributed by atoms with Gasteiger partial charge in [-0.15, -0.1) is 0 Å². The molecule has 0 spiro atoms. The van der Waals surface area contributed by atoms with E-state index < -0.39 is 0 Å². The number of aliphatic hydroxyl groups excluding tert-OH is 1. The van der Waals surface area contributed by atoms with Gasteiger partial charge in [0.2, 0.25) is 0 Å². The van der Waals surface area contributed by atoms with E-state index >= 15 is 0 Å². The van der Waals surface area contributed by atoms with Crippen LogP contribution in [0.15, 0.2) is 58.3 Å². The van der Waals surface area contributed by atoms with Gasteiger partial charge in [0.25, 0.3) is 6.26 Å². The van der Waals surface area contributed by atoms with Crippen molar-refractivity contribution in [2.75, 3.05) is 0 Å². The Bertz CT molecular complexity index is 473. The van der Waals surface area contributed by atoms with Gasteiger partial charge >= 0.3 is 0 Å². The Morgan fingerprint density at radius 2 is 1.35 bits per heavy atom. The molecule has 0 aliphatic carbocycles. The summed E-state index contributed by atoms with van der Waals surface area (Å²) in [6, 6.07) is 17.3. The molecule has 17 heavy (non-hydrogen) atoms. The van der Waals surface area contributed by atoms with Gasteiger partial charge in [0, 0.05) is 9.79 Å². The third-order valence-corrected chi connectivity index (χ3v) is 3.78. The quantitative estimate of drug-likeness (QED) is 0.612. The molecule has 84 valence electrons. The Morgan fingerprint density at radius 1 is 0.941 bits per heavy atom. The number of nitriles is 1. The molecule has 0 radical (unpaired) electrons. The molecule has 1 aliphatic rings. The largest absolute Gasteiger partial charge is 0.443 e. The van der Waals surface area contributed by atoms with E-state index in [4.69, 9.17) is 10.4 Å². The van der Waals surface area contributed by atoms with Crippen LogP contribution in [0, 0.1) is 11.5 Å². The summed E-state index contributed by atoms with van der Waals surface area (Å²) in [6.07, 6.45) is 1.83. The van der Waals surface area contributed by atoms with Gasteiger partial charge in [-0.3, -0.25) is 0 Å². The minimum Gasteiger partial charge on any atom is -0.443 e. The molecule has 0 atom stereocenters. The van der Waals surface area contributed by atoms with Gasteiger partial charge in [0.1, 0.15) is 0 Å². The number of benzene rings is 2. The van der Waals surface area contributed by atoms with E-state index in [0.717, 1.165) is 12.7 Å². The van der Waals surface area contributed by atoms with Gasteiger partial charge < -0.3 is 5.11 Å². The van der Waals surface area contributed by atoms with E-state index in [1.807, 2.05) is 11.8 Å². The van der Waals surface area contributed by atoms with Crippen LogP contribution in [0.1, 0.15) is 11.1 Å². The molecule has 3 heteroatoms. The second kappa shape index (κ2) is 5.42. The smallest absolute Gasteiger partial charge is 0.283 e. The van der Waals surface area contributed by atoms with Crippen molar-refractivity contribution in [2.45, 2.75) is 16.2 Å². The van der Waals surface area contributed by atoms with E-state index in [0.29, 0.717) is 0 Å². The molecule has 2 nitrogen and oxygen atoms in total. The maximum atomic E-state index is 6.88. The molecule has 0 saturated carbocycles. The van der Waals surface area contributed by atoms with Crippen LogP contribution < -0.4 is 0 Å². The van der Waals surface area contributed by atoms with Crippen LogP contribution in [-0.2, 0) is 6.42 Å². The van der Waals surface area contributed by atoms with Crippen LogP contribution in [0.2, 0.25) is 0 Å². The molecule has 1 N–H and O–H groups in total. The van der Waals surface area contributed by atoms with Gasteiger partial charge in [-0.05, 0) is 29.7 Å². The van der Waals surface area contributed by atoms with Crippen LogP contribution in [0.3, 0.4) is 0 Å². The maximum Gasteiger partial charge on any atom is 0.283 e. The highest BCUT2D eigenvalue weighted by atomic mass is 32.2. The van der Waals surface area contributed by atoms with Gasteiger partial charge in [-0.1, -0.05) is 48.2 Å². The lowest BCUT2D eigenvalue weighted by atomic mass is 10.0. The van der Waals surface area contributed by atoms with Crippen molar-refractivity contribution in [3.63, 3.8) is 0 Å². The molecule has 0 aromatic heterocycles. The molecule has 0 amide bonds. The Morgan fingerprint density at radius 3 is 1.82 bits per heavy atom. The molecule has 0 unspecified atom stereocenters. The van der Waals surface area contributed by atoms with Crippen molar-refractivity contribution in [1.29, 1.82) is 5.26 Å². The van der Waals surface area contributed by atoms with E-state index in [-0.39, 0.29) is 0 Å². The van der Waals surface area contributed by atoms with Gasteiger partial charge in [0.05, 0.1) is 0 Å². The monoisotopic (exact) mass is 241 g/mol. The average molecular weight is 241 g/mol. The summed E-state index contributed by atoms with van der Waals surface area (Å²) < 4.78 is 0. The maximum absolute atomic E-state index is 6.88. The number of hydrogen-bond donors (Lipinski definition) is 1. The molecule has 1 aliphatic heterocycles. The van der Waals surface area contributed by atoms with Crippen LogP contribution >= 0.6 is 11.8 Å². The van der Waals surface area contributed by atoms with Crippen molar-refractivity contribution in [3.8, 4) is 6.26 Å². The Labute approximate surface area is 105 Å². The minimum absolute atomic E-state index is 0.750. The molecule has 0 fully saturated rings. The molecule has 2 aromatic rings. The van der Waals surface area contributed by atoms with Crippen molar-refractivity contribution >= 4 is 11.8 Å². The van der Waals surface area contributed by atoms with E-state index in [1.165, 1.54) is 20.9 Å². The van der Waals surface area contributed by atoms with Crippen LogP contribution in [-0.4, -0.2) is 5.11 Å². The van der Waals surface area contributed by atoms with Crippen LogP contribution in [0.5, 0.6) is 0 Å². The Hall–Kier alpha value is -1.92. The Balaban J connectivity index is 0.000000329. The first-order valence-corrected chi connectivity index (χ1v) is 6.03. The fourth-order valence-corrected chi connectivity index (χ4v) is 2.90. The lowest BCUT2D eigenvalue weighted by Gasteiger charge is -2.17. The summed E-state index contributed by atoms with van der Waals surface area (Å²) in [6.45, 7) is 0. The molecule has 3 rings (SSSR count).